The molecule has 1 aliphatic carbocycles. The van der Waals surface area contributed by atoms with E-state index in [2.05, 4.69) is 72.0 Å². The number of likely N-dealkylation sites (N-methyl/N-ethyl adjacent to an activating group) is 1. The molecule has 0 N–H and O–H groups in total. The maximum Gasteiger partial charge on any atom is 0.239 e. The van der Waals surface area contributed by atoms with E-state index in [0.29, 0.717) is 24.2 Å². The van der Waals surface area contributed by atoms with Crippen LogP contribution in [0.3, 0.4) is 0 Å². The molecule has 4 heteroatoms. The van der Waals surface area contributed by atoms with Gasteiger partial charge in [0.15, 0.2) is 0 Å². The Labute approximate surface area is 155 Å². The van der Waals surface area contributed by atoms with Gasteiger partial charge in [-0.25, -0.2) is 0 Å². The zero-order valence-electron chi connectivity index (χ0n) is 15.5. The first-order valence-electron chi connectivity index (χ1n) is 9.63. The van der Waals surface area contributed by atoms with Gasteiger partial charge in [-0.15, -0.1) is 0 Å². The molecule has 1 fully saturated rings. The van der Waals surface area contributed by atoms with E-state index in [4.69, 9.17) is 0 Å². The number of allylic oxidation sites excluding steroid dienone is 2. The first-order chi connectivity index (χ1) is 11.5. The molecule has 2 unspecified atom stereocenters. The molecule has 4 rings (SSSR count). The molecule has 4 atom stereocenters. The van der Waals surface area contributed by atoms with E-state index in [0.717, 1.165) is 10.1 Å². The summed E-state index contributed by atoms with van der Waals surface area (Å²) in [6.45, 7) is 13.0. The Bertz CT molecular complexity index is 620. The fraction of sp³-hybridized carbons (Fsp3) is 0.700. The standard InChI is InChI=1S/C20H31BrN3/c1-5-22-10-11-23(14(2)3)20-18-12-16-8-6-7-9-17(16)24(18,21)13-15(4)19(20)22/h7,9,13-14,18-20H,5-6,8,10-12H2,1-4H3/q+1/t18-,19?,20?,24-/m0/s1. The van der Waals surface area contributed by atoms with Gasteiger partial charge in [-0.3, -0.25) is 9.80 Å². The number of nitrogens with zero attached hydrogens (tertiary/aromatic N) is 3. The minimum atomic E-state index is 0.574. The number of fused-ring (bicyclic) bond motifs is 4. The summed E-state index contributed by atoms with van der Waals surface area (Å²) < 4.78 is 0.854. The highest BCUT2D eigenvalue weighted by Gasteiger charge is 2.58. The topological polar surface area (TPSA) is 6.48 Å². The van der Waals surface area contributed by atoms with Crippen molar-refractivity contribution in [2.45, 2.75) is 71.1 Å². The Morgan fingerprint density at radius 2 is 2.12 bits per heavy atom. The fourth-order valence-electron chi connectivity index (χ4n) is 5.58. The Balaban J connectivity index is 1.81. The first-order valence-corrected chi connectivity index (χ1v) is 10.3. The molecule has 132 valence electrons. The van der Waals surface area contributed by atoms with E-state index in [-0.39, 0.29) is 0 Å². The second kappa shape index (κ2) is 6.08. The van der Waals surface area contributed by atoms with Gasteiger partial charge in [-0.1, -0.05) is 13.0 Å². The van der Waals surface area contributed by atoms with Crippen molar-refractivity contribution in [1.82, 2.24) is 9.80 Å². The number of halogens is 1. The minimum Gasteiger partial charge on any atom is -0.294 e. The van der Waals surface area contributed by atoms with Crippen LogP contribution in [0.15, 0.2) is 35.2 Å². The van der Waals surface area contributed by atoms with E-state index in [9.17, 15) is 0 Å². The highest BCUT2D eigenvalue weighted by Crippen LogP contribution is 2.52. The van der Waals surface area contributed by atoms with Gasteiger partial charge in [-0.2, -0.15) is 3.51 Å². The summed E-state index contributed by atoms with van der Waals surface area (Å²) in [7, 11) is 0. The average Bonchev–Trinajstić information content (AvgIpc) is 2.86. The van der Waals surface area contributed by atoms with Crippen molar-refractivity contribution in [2.24, 2.45) is 0 Å². The maximum absolute atomic E-state index is 4.19. The minimum absolute atomic E-state index is 0.574. The molecule has 1 saturated heterocycles. The molecule has 24 heavy (non-hydrogen) atoms. The number of hydrogen-bond acceptors (Lipinski definition) is 2. The zero-order valence-corrected chi connectivity index (χ0v) is 17.1. The summed E-state index contributed by atoms with van der Waals surface area (Å²) in [5.74, 6) is 0. The van der Waals surface area contributed by atoms with Crippen molar-refractivity contribution < 1.29 is 3.51 Å². The monoisotopic (exact) mass is 392 g/mol. The molecular formula is C20H31BrN3+. The molecule has 0 saturated carbocycles. The second-order valence-corrected chi connectivity index (χ2v) is 9.33. The van der Waals surface area contributed by atoms with Crippen molar-refractivity contribution in [2.75, 3.05) is 19.6 Å². The van der Waals surface area contributed by atoms with Crippen molar-refractivity contribution in [3.05, 3.63) is 35.2 Å². The molecule has 4 aliphatic rings. The fourth-order valence-corrected chi connectivity index (χ4v) is 6.66. The predicted molar refractivity (Wildman–Crippen MR) is 103 cm³/mol. The second-order valence-electron chi connectivity index (χ2n) is 8.16. The molecular weight excluding hydrogens is 362 g/mol. The van der Waals surface area contributed by atoms with Crippen LogP contribution in [0.5, 0.6) is 0 Å². The van der Waals surface area contributed by atoms with Gasteiger partial charge in [0.1, 0.15) is 17.9 Å². The van der Waals surface area contributed by atoms with Crippen molar-refractivity contribution in [3.63, 3.8) is 0 Å². The summed E-state index contributed by atoms with van der Waals surface area (Å²) in [6, 6.07) is 2.38. The molecule has 0 radical (unpaired) electrons. The number of piperazine rings is 1. The van der Waals surface area contributed by atoms with Crippen LogP contribution in [-0.4, -0.2) is 57.1 Å². The van der Waals surface area contributed by atoms with Gasteiger partial charge < -0.3 is 0 Å². The average molecular weight is 393 g/mol. The SMILES string of the molecule is CCN1CCN(C(C)C)C2C1C(C)=C[N@+]1(Br)C3=C(CCC=C3)C[C@@H]21. The van der Waals surface area contributed by atoms with Crippen molar-refractivity contribution in [1.29, 1.82) is 0 Å². The van der Waals surface area contributed by atoms with Gasteiger partial charge in [0.2, 0.25) is 16.1 Å². The van der Waals surface area contributed by atoms with E-state index in [1.54, 1.807) is 5.57 Å². The summed E-state index contributed by atoms with van der Waals surface area (Å²) in [5, 5.41) is 0. The van der Waals surface area contributed by atoms with Crippen LogP contribution in [0.4, 0.5) is 0 Å². The zero-order chi connectivity index (χ0) is 17.1. The summed E-state index contributed by atoms with van der Waals surface area (Å²) in [4.78, 5) is 5.49. The molecule has 3 heterocycles. The molecule has 0 amide bonds. The molecule has 0 bridgehead atoms. The number of rotatable bonds is 2. The van der Waals surface area contributed by atoms with Gasteiger partial charge in [0.25, 0.3) is 0 Å². The number of quaternary nitrogens is 1. The molecule has 0 aromatic carbocycles. The van der Waals surface area contributed by atoms with Crippen LogP contribution in [-0.2, 0) is 0 Å². The lowest BCUT2D eigenvalue weighted by Crippen LogP contribution is -2.70. The largest absolute Gasteiger partial charge is 0.294 e. The molecule has 0 aromatic rings. The van der Waals surface area contributed by atoms with Gasteiger partial charge in [0, 0.05) is 31.1 Å². The third-order valence-electron chi connectivity index (χ3n) is 6.63. The van der Waals surface area contributed by atoms with Crippen LogP contribution < -0.4 is 0 Å². The van der Waals surface area contributed by atoms with Crippen LogP contribution in [0.1, 0.15) is 47.0 Å². The maximum atomic E-state index is 4.19. The van der Waals surface area contributed by atoms with Gasteiger partial charge in [0.05, 0.1) is 12.1 Å². The third kappa shape index (κ3) is 2.33. The quantitative estimate of drug-likeness (QED) is 0.649. The highest BCUT2D eigenvalue weighted by atomic mass is 79.9. The van der Waals surface area contributed by atoms with Gasteiger partial charge in [-0.05, 0) is 51.8 Å². The summed E-state index contributed by atoms with van der Waals surface area (Å²) in [6.07, 6.45) is 11.0. The van der Waals surface area contributed by atoms with E-state index >= 15 is 0 Å². The van der Waals surface area contributed by atoms with Crippen molar-refractivity contribution in [3.8, 4) is 0 Å². The van der Waals surface area contributed by atoms with Gasteiger partial charge >= 0.3 is 0 Å². The van der Waals surface area contributed by atoms with Crippen LogP contribution in [0.25, 0.3) is 0 Å². The summed E-state index contributed by atoms with van der Waals surface area (Å²) >= 11 is 4.19. The Kier molecular flexibility index (Phi) is 4.31. The Hall–Kier alpha value is -0.420. The smallest absolute Gasteiger partial charge is 0.239 e. The molecule has 3 aliphatic heterocycles. The molecule has 0 aromatic heterocycles. The van der Waals surface area contributed by atoms with Crippen LogP contribution in [0.2, 0.25) is 0 Å². The lowest BCUT2D eigenvalue weighted by Gasteiger charge is -2.55. The predicted octanol–water partition coefficient (Wildman–Crippen LogP) is 4.19. The molecule has 3 nitrogen and oxygen atoms in total. The van der Waals surface area contributed by atoms with Crippen LogP contribution >= 0.6 is 16.1 Å². The third-order valence-corrected chi connectivity index (χ3v) is 7.74. The normalized spacial score (nSPS) is 39.8. The van der Waals surface area contributed by atoms with E-state index in [1.165, 1.54) is 43.6 Å². The lowest BCUT2D eigenvalue weighted by molar-refractivity contribution is -0.711. The Morgan fingerprint density at radius 1 is 1.33 bits per heavy atom. The summed E-state index contributed by atoms with van der Waals surface area (Å²) in [5.41, 5.74) is 4.73. The Morgan fingerprint density at radius 3 is 2.83 bits per heavy atom. The highest BCUT2D eigenvalue weighted by molar-refractivity contribution is 9.05. The van der Waals surface area contributed by atoms with E-state index in [1.807, 2.05) is 0 Å². The molecule has 0 spiro atoms. The lowest BCUT2D eigenvalue weighted by atomic mass is 9.84. The van der Waals surface area contributed by atoms with E-state index < -0.39 is 0 Å². The first kappa shape index (κ1) is 17.0. The van der Waals surface area contributed by atoms with Crippen molar-refractivity contribution >= 4 is 16.1 Å². The van der Waals surface area contributed by atoms with Crippen LogP contribution in [0, 0.1) is 0 Å². The number of hydrogen-bond donors (Lipinski definition) is 0.